The molecule has 6 heteroatoms. The fraction of sp³-hybridized carbons (Fsp3) is 0.467. The van der Waals surface area contributed by atoms with Crippen LogP contribution in [0.25, 0.3) is 11.0 Å². The van der Waals surface area contributed by atoms with Crippen LogP contribution < -0.4 is 10.6 Å². The molecule has 1 aliphatic rings. The maximum Gasteiger partial charge on any atom is 0.220 e. The summed E-state index contributed by atoms with van der Waals surface area (Å²) in [5.41, 5.74) is 1.36. The molecule has 0 saturated carbocycles. The van der Waals surface area contributed by atoms with Gasteiger partial charge in [-0.1, -0.05) is 0 Å². The highest BCUT2D eigenvalue weighted by Crippen LogP contribution is 2.15. The van der Waals surface area contributed by atoms with Gasteiger partial charge in [-0.2, -0.15) is 0 Å². The number of halogens is 1. The first-order valence-corrected chi connectivity index (χ1v) is 7.32. The van der Waals surface area contributed by atoms with E-state index in [0.29, 0.717) is 35.7 Å². The topological polar surface area (TPSA) is 69.8 Å². The average Bonchev–Trinajstić information content (AvgIpc) is 3.11. The van der Waals surface area contributed by atoms with Crippen LogP contribution >= 0.6 is 0 Å². The Morgan fingerprint density at radius 2 is 2.38 bits per heavy atom. The summed E-state index contributed by atoms with van der Waals surface area (Å²) < 4.78 is 13.1. The zero-order chi connectivity index (χ0) is 14.7. The number of rotatable bonds is 5. The van der Waals surface area contributed by atoms with Gasteiger partial charge in [0.2, 0.25) is 5.91 Å². The van der Waals surface area contributed by atoms with Crippen LogP contribution in [-0.4, -0.2) is 29.0 Å². The van der Waals surface area contributed by atoms with E-state index in [1.54, 1.807) is 6.07 Å². The molecule has 3 rings (SSSR count). The van der Waals surface area contributed by atoms with E-state index >= 15 is 0 Å². The van der Waals surface area contributed by atoms with Gasteiger partial charge in [0.1, 0.15) is 11.6 Å². The van der Waals surface area contributed by atoms with Crippen molar-refractivity contribution in [2.45, 2.75) is 25.8 Å². The SMILES string of the molecule is O=C(CCC1CCNC1)NCc1nc2ccc(F)cc2[nH]1. The van der Waals surface area contributed by atoms with E-state index in [1.807, 2.05) is 0 Å². The van der Waals surface area contributed by atoms with E-state index in [9.17, 15) is 9.18 Å². The summed E-state index contributed by atoms with van der Waals surface area (Å²) in [7, 11) is 0. The zero-order valence-corrected chi connectivity index (χ0v) is 11.8. The number of carbonyl (C=O) groups is 1. The quantitative estimate of drug-likeness (QED) is 0.785. The molecule has 1 unspecified atom stereocenters. The van der Waals surface area contributed by atoms with Crippen molar-refractivity contribution in [2.24, 2.45) is 5.92 Å². The molecule has 1 aromatic carbocycles. The van der Waals surface area contributed by atoms with Gasteiger partial charge in [0.15, 0.2) is 0 Å². The molecule has 2 heterocycles. The van der Waals surface area contributed by atoms with Crippen molar-refractivity contribution in [3.8, 4) is 0 Å². The number of imidazole rings is 1. The van der Waals surface area contributed by atoms with Gasteiger partial charge >= 0.3 is 0 Å². The molecule has 2 aromatic rings. The van der Waals surface area contributed by atoms with E-state index in [-0.39, 0.29) is 11.7 Å². The first-order chi connectivity index (χ1) is 10.2. The van der Waals surface area contributed by atoms with E-state index in [1.165, 1.54) is 12.1 Å². The Morgan fingerprint density at radius 1 is 1.48 bits per heavy atom. The van der Waals surface area contributed by atoms with Crippen LogP contribution in [-0.2, 0) is 11.3 Å². The van der Waals surface area contributed by atoms with Gasteiger partial charge in [-0.15, -0.1) is 0 Å². The third-order valence-corrected chi connectivity index (χ3v) is 3.89. The van der Waals surface area contributed by atoms with E-state index in [0.717, 1.165) is 25.9 Å². The van der Waals surface area contributed by atoms with Gasteiger partial charge in [0.05, 0.1) is 17.6 Å². The van der Waals surface area contributed by atoms with Crippen molar-refractivity contribution < 1.29 is 9.18 Å². The van der Waals surface area contributed by atoms with Crippen LogP contribution in [0, 0.1) is 11.7 Å². The number of H-pyrrole nitrogens is 1. The second-order valence-electron chi connectivity index (χ2n) is 5.52. The largest absolute Gasteiger partial charge is 0.349 e. The number of hydrogen-bond acceptors (Lipinski definition) is 3. The number of amides is 1. The number of carbonyl (C=O) groups excluding carboxylic acids is 1. The fourth-order valence-corrected chi connectivity index (χ4v) is 2.69. The summed E-state index contributed by atoms with van der Waals surface area (Å²) in [4.78, 5) is 19.1. The molecular formula is C15H19FN4O. The van der Waals surface area contributed by atoms with E-state index < -0.39 is 0 Å². The third kappa shape index (κ3) is 3.58. The second kappa shape index (κ2) is 6.22. The summed E-state index contributed by atoms with van der Waals surface area (Å²) >= 11 is 0. The number of aromatic amines is 1. The van der Waals surface area contributed by atoms with Crippen molar-refractivity contribution in [2.75, 3.05) is 13.1 Å². The van der Waals surface area contributed by atoms with Gasteiger partial charge < -0.3 is 15.6 Å². The molecule has 21 heavy (non-hydrogen) atoms. The number of aromatic nitrogens is 2. The van der Waals surface area contributed by atoms with Crippen molar-refractivity contribution in [1.29, 1.82) is 0 Å². The number of hydrogen-bond donors (Lipinski definition) is 3. The molecule has 3 N–H and O–H groups in total. The molecule has 112 valence electrons. The minimum atomic E-state index is -0.299. The van der Waals surface area contributed by atoms with Gasteiger partial charge in [-0.3, -0.25) is 4.79 Å². The van der Waals surface area contributed by atoms with Gasteiger partial charge in [-0.25, -0.2) is 9.37 Å². The Kier molecular flexibility index (Phi) is 4.15. The maximum absolute atomic E-state index is 13.1. The van der Waals surface area contributed by atoms with Crippen molar-refractivity contribution >= 4 is 16.9 Å². The molecule has 0 bridgehead atoms. The molecule has 1 saturated heterocycles. The Hall–Kier alpha value is -1.95. The van der Waals surface area contributed by atoms with Crippen LogP contribution in [0.3, 0.4) is 0 Å². The lowest BCUT2D eigenvalue weighted by atomic mass is 10.0. The molecule has 0 spiro atoms. The van der Waals surface area contributed by atoms with Gasteiger partial charge in [0, 0.05) is 6.42 Å². The monoisotopic (exact) mass is 290 g/mol. The first-order valence-electron chi connectivity index (χ1n) is 7.32. The predicted octanol–water partition coefficient (Wildman–Crippen LogP) is 1.71. The second-order valence-corrected chi connectivity index (χ2v) is 5.52. The molecule has 1 amide bonds. The lowest BCUT2D eigenvalue weighted by Gasteiger charge is -2.07. The molecule has 1 atom stereocenters. The van der Waals surface area contributed by atoms with E-state index in [2.05, 4.69) is 20.6 Å². The third-order valence-electron chi connectivity index (χ3n) is 3.89. The minimum absolute atomic E-state index is 0.0357. The normalized spacial score (nSPS) is 18.2. The highest BCUT2D eigenvalue weighted by molar-refractivity contribution is 5.77. The Bertz CT molecular complexity index is 634. The molecule has 0 radical (unpaired) electrons. The summed E-state index contributed by atoms with van der Waals surface area (Å²) in [6.45, 7) is 2.42. The number of nitrogens with one attached hydrogen (secondary N) is 3. The van der Waals surface area contributed by atoms with Crippen LogP contribution in [0.1, 0.15) is 25.1 Å². The van der Waals surface area contributed by atoms with Crippen LogP contribution in [0.4, 0.5) is 4.39 Å². The summed E-state index contributed by atoms with van der Waals surface area (Å²) in [6, 6.07) is 4.40. The predicted molar refractivity (Wildman–Crippen MR) is 78.1 cm³/mol. The average molecular weight is 290 g/mol. The van der Waals surface area contributed by atoms with Crippen molar-refractivity contribution in [3.63, 3.8) is 0 Å². The molecule has 1 aromatic heterocycles. The fourth-order valence-electron chi connectivity index (χ4n) is 2.69. The van der Waals surface area contributed by atoms with Crippen LogP contribution in [0.2, 0.25) is 0 Å². The lowest BCUT2D eigenvalue weighted by molar-refractivity contribution is -0.121. The smallest absolute Gasteiger partial charge is 0.220 e. The maximum atomic E-state index is 13.1. The first kappa shape index (κ1) is 14.0. The van der Waals surface area contributed by atoms with Crippen molar-refractivity contribution in [1.82, 2.24) is 20.6 Å². The van der Waals surface area contributed by atoms with Gasteiger partial charge in [0.25, 0.3) is 0 Å². The summed E-state index contributed by atoms with van der Waals surface area (Å²) in [5.74, 6) is 0.997. The summed E-state index contributed by atoms with van der Waals surface area (Å²) in [5, 5.41) is 6.15. The zero-order valence-electron chi connectivity index (χ0n) is 11.8. The van der Waals surface area contributed by atoms with Crippen LogP contribution in [0.5, 0.6) is 0 Å². The van der Waals surface area contributed by atoms with Crippen LogP contribution in [0.15, 0.2) is 18.2 Å². The number of fused-ring (bicyclic) bond motifs is 1. The summed E-state index contributed by atoms with van der Waals surface area (Å²) in [6.07, 6.45) is 2.62. The highest BCUT2D eigenvalue weighted by Gasteiger charge is 2.15. The lowest BCUT2D eigenvalue weighted by Crippen LogP contribution is -2.24. The standard InChI is InChI=1S/C15H19FN4O/c16-11-2-3-12-13(7-11)20-14(19-12)9-18-15(21)4-1-10-5-6-17-8-10/h2-3,7,10,17H,1,4-6,8-9H2,(H,18,21)(H,19,20). The van der Waals surface area contributed by atoms with Crippen molar-refractivity contribution in [3.05, 3.63) is 29.8 Å². The van der Waals surface area contributed by atoms with E-state index in [4.69, 9.17) is 0 Å². The minimum Gasteiger partial charge on any atom is -0.349 e. The number of benzene rings is 1. The Labute approximate surface area is 122 Å². The molecule has 1 aliphatic heterocycles. The molecular weight excluding hydrogens is 271 g/mol. The molecule has 1 fully saturated rings. The van der Waals surface area contributed by atoms with Gasteiger partial charge in [-0.05, 0) is 50.0 Å². The Morgan fingerprint density at radius 3 is 3.19 bits per heavy atom. The number of nitrogens with zero attached hydrogens (tertiary/aromatic N) is 1. The molecule has 0 aliphatic carbocycles. The highest BCUT2D eigenvalue weighted by atomic mass is 19.1. The molecule has 5 nitrogen and oxygen atoms in total. The Balaban J connectivity index is 1.49.